The first-order valence-electron chi connectivity index (χ1n) is 7.59. The van der Waals surface area contributed by atoms with E-state index < -0.39 is 17.3 Å². The second kappa shape index (κ2) is 7.08. The molecular formula is C17H28N2O4. The molecule has 1 atom stereocenters. The molecule has 0 spiro atoms. The van der Waals surface area contributed by atoms with Crippen molar-refractivity contribution in [3.05, 3.63) is 18.2 Å². The molecule has 1 rings (SSSR count). The van der Waals surface area contributed by atoms with Crippen molar-refractivity contribution in [1.29, 1.82) is 0 Å². The molecule has 1 aromatic carbocycles. The zero-order valence-electron chi connectivity index (χ0n) is 15.0. The van der Waals surface area contributed by atoms with E-state index in [4.69, 9.17) is 9.47 Å². The van der Waals surface area contributed by atoms with Crippen molar-refractivity contribution in [2.75, 3.05) is 17.7 Å². The molecule has 0 heterocycles. The van der Waals surface area contributed by atoms with Crippen LogP contribution in [0.1, 0.15) is 41.5 Å². The van der Waals surface area contributed by atoms with Crippen molar-refractivity contribution in [1.82, 2.24) is 0 Å². The lowest BCUT2D eigenvalue weighted by Gasteiger charge is -2.28. The number of anilines is 2. The van der Waals surface area contributed by atoms with E-state index in [9.17, 15) is 9.90 Å². The topological polar surface area (TPSA) is 79.8 Å². The predicted molar refractivity (Wildman–Crippen MR) is 92.2 cm³/mol. The van der Waals surface area contributed by atoms with Gasteiger partial charge in [0, 0.05) is 11.8 Å². The van der Waals surface area contributed by atoms with E-state index in [1.807, 2.05) is 6.92 Å². The maximum Gasteiger partial charge on any atom is 0.412 e. The Bertz CT molecular complexity index is 545. The van der Waals surface area contributed by atoms with Crippen molar-refractivity contribution in [3.8, 4) is 5.75 Å². The minimum Gasteiger partial charge on any atom is -0.494 e. The summed E-state index contributed by atoms with van der Waals surface area (Å²) in [5.41, 5.74) is -0.129. The monoisotopic (exact) mass is 324 g/mol. The molecule has 3 N–H and O–H groups in total. The molecule has 1 amide bonds. The molecule has 6 nitrogen and oxygen atoms in total. The molecular weight excluding hydrogens is 296 g/mol. The van der Waals surface area contributed by atoms with Gasteiger partial charge in [-0.2, -0.15) is 0 Å². The second-order valence-electron chi connectivity index (χ2n) is 7.06. The van der Waals surface area contributed by atoms with E-state index in [0.717, 1.165) is 5.69 Å². The third-order valence-corrected chi connectivity index (χ3v) is 3.28. The lowest BCUT2D eigenvalue weighted by atomic mass is 10.0. The van der Waals surface area contributed by atoms with Gasteiger partial charge in [0.1, 0.15) is 11.4 Å². The first kappa shape index (κ1) is 19.1. The van der Waals surface area contributed by atoms with Crippen molar-refractivity contribution in [3.63, 3.8) is 0 Å². The van der Waals surface area contributed by atoms with Gasteiger partial charge in [0.2, 0.25) is 0 Å². The van der Waals surface area contributed by atoms with Crippen molar-refractivity contribution < 1.29 is 19.4 Å². The van der Waals surface area contributed by atoms with Crippen LogP contribution in [0.15, 0.2) is 18.2 Å². The standard InChI is InChI=1S/C17H28N2O4/c1-11(17(5,6)21)18-12-8-9-13(14(10-12)22-7)19-15(20)23-16(2,3)4/h8-11,18,21H,1-7H3,(H,19,20). The molecule has 1 aromatic rings. The maximum atomic E-state index is 11.9. The summed E-state index contributed by atoms with van der Waals surface area (Å²) in [6.45, 7) is 10.8. The average Bonchev–Trinajstić information content (AvgIpc) is 2.37. The number of rotatable bonds is 5. The van der Waals surface area contributed by atoms with Gasteiger partial charge in [-0.25, -0.2) is 4.79 Å². The first-order chi connectivity index (χ1) is 10.4. The van der Waals surface area contributed by atoms with E-state index in [1.54, 1.807) is 52.8 Å². The summed E-state index contributed by atoms with van der Waals surface area (Å²) < 4.78 is 10.5. The zero-order chi connectivity index (χ0) is 17.8. The van der Waals surface area contributed by atoms with Crippen LogP contribution in [0, 0.1) is 0 Å². The second-order valence-corrected chi connectivity index (χ2v) is 7.06. The SMILES string of the molecule is COc1cc(NC(C)C(C)(C)O)ccc1NC(=O)OC(C)(C)C. The maximum absolute atomic E-state index is 11.9. The Morgan fingerprint density at radius 3 is 2.30 bits per heavy atom. The van der Waals surface area contributed by atoms with E-state index >= 15 is 0 Å². The molecule has 0 bridgehead atoms. The fourth-order valence-corrected chi connectivity index (χ4v) is 1.72. The van der Waals surface area contributed by atoms with Crippen LogP contribution in [-0.2, 0) is 4.74 Å². The highest BCUT2D eigenvalue weighted by atomic mass is 16.6. The Morgan fingerprint density at radius 2 is 1.83 bits per heavy atom. The summed E-state index contributed by atoms with van der Waals surface area (Å²) in [6.07, 6.45) is -0.540. The molecule has 0 aliphatic heterocycles. The Hall–Kier alpha value is -1.95. The number of amides is 1. The highest BCUT2D eigenvalue weighted by molar-refractivity contribution is 5.87. The quantitative estimate of drug-likeness (QED) is 0.771. The summed E-state index contributed by atoms with van der Waals surface area (Å²) in [5, 5.41) is 15.9. The lowest BCUT2D eigenvalue weighted by Crippen LogP contribution is -2.39. The molecule has 6 heteroatoms. The van der Waals surface area contributed by atoms with Gasteiger partial charge in [-0.3, -0.25) is 5.32 Å². The van der Waals surface area contributed by atoms with Crippen LogP contribution >= 0.6 is 0 Å². The first-order valence-corrected chi connectivity index (χ1v) is 7.59. The fraction of sp³-hybridized carbons (Fsp3) is 0.588. The Balaban J connectivity index is 2.86. The number of methoxy groups -OCH3 is 1. The van der Waals surface area contributed by atoms with Crippen LogP contribution < -0.4 is 15.4 Å². The van der Waals surface area contributed by atoms with Crippen LogP contribution in [0.2, 0.25) is 0 Å². The minimum absolute atomic E-state index is 0.156. The smallest absolute Gasteiger partial charge is 0.412 e. The van der Waals surface area contributed by atoms with Gasteiger partial charge in [0.05, 0.1) is 24.4 Å². The molecule has 0 fully saturated rings. The Labute approximate surface area is 138 Å². The van der Waals surface area contributed by atoms with E-state index in [0.29, 0.717) is 11.4 Å². The van der Waals surface area contributed by atoms with E-state index in [1.165, 1.54) is 7.11 Å². The summed E-state index contributed by atoms with van der Waals surface area (Å²) in [7, 11) is 1.53. The molecule has 23 heavy (non-hydrogen) atoms. The van der Waals surface area contributed by atoms with E-state index in [2.05, 4.69) is 10.6 Å². The number of aliphatic hydroxyl groups is 1. The van der Waals surface area contributed by atoms with Gasteiger partial charge >= 0.3 is 6.09 Å². The van der Waals surface area contributed by atoms with Crippen molar-refractivity contribution in [2.24, 2.45) is 0 Å². The summed E-state index contributed by atoms with van der Waals surface area (Å²) in [4.78, 5) is 11.9. The molecule has 0 aromatic heterocycles. The molecule has 0 saturated heterocycles. The highest BCUT2D eigenvalue weighted by Gasteiger charge is 2.22. The summed E-state index contributed by atoms with van der Waals surface area (Å²) in [5.74, 6) is 0.504. The van der Waals surface area contributed by atoms with Crippen LogP contribution in [0.5, 0.6) is 5.75 Å². The highest BCUT2D eigenvalue weighted by Crippen LogP contribution is 2.29. The zero-order valence-corrected chi connectivity index (χ0v) is 15.0. The number of carbonyl (C=O) groups excluding carboxylic acids is 1. The molecule has 1 unspecified atom stereocenters. The number of hydrogen-bond donors (Lipinski definition) is 3. The molecule has 0 aliphatic carbocycles. The van der Waals surface area contributed by atoms with Gasteiger partial charge in [-0.15, -0.1) is 0 Å². The third kappa shape index (κ3) is 6.36. The van der Waals surface area contributed by atoms with Gasteiger partial charge in [-0.05, 0) is 53.7 Å². The molecule has 0 saturated carbocycles. The predicted octanol–water partition coefficient (Wildman–Crippen LogP) is 3.61. The minimum atomic E-state index is -0.860. The largest absolute Gasteiger partial charge is 0.494 e. The number of nitrogens with one attached hydrogen (secondary N) is 2. The fourth-order valence-electron chi connectivity index (χ4n) is 1.72. The molecule has 130 valence electrons. The number of ether oxygens (including phenoxy) is 2. The van der Waals surface area contributed by atoms with E-state index in [-0.39, 0.29) is 6.04 Å². The third-order valence-electron chi connectivity index (χ3n) is 3.28. The van der Waals surface area contributed by atoms with Crippen molar-refractivity contribution >= 4 is 17.5 Å². The summed E-state index contributed by atoms with van der Waals surface area (Å²) >= 11 is 0. The molecule has 0 radical (unpaired) electrons. The molecule has 0 aliphatic rings. The number of benzene rings is 1. The van der Waals surface area contributed by atoms with Gasteiger partial charge in [-0.1, -0.05) is 0 Å². The lowest BCUT2D eigenvalue weighted by molar-refractivity contribution is 0.0633. The van der Waals surface area contributed by atoms with Crippen LogP contribution in [-0.4, -0.2) is 35.6 Å². The van der Waals surface area contributed by atoms with Gasteiger partial charge in [0.25, 0.3) is 0 Å². The van der Waals surface area contributed by atoms with Gasteiger partial charge in [0.15, 0.2) is 0 Å². The van der Waals surface area contributed by atoms with Crippen LogP contribution in [0.4, 0.5) is 16.2 Å². The Morgan fingerprint density at radius 1 is 1.22 bits per heavy atom. The van der Waals surface area contributed by atoms with Gasteiger partial charge < -0.3 is 19.9 Å². The van der Waals surface area contributed by atoms with Crippen LogP contribution in [0.25, 0.3) is 0 Å². The Kier molecular flexibility index (Phi) is 5.88. The van der Waals surface area contributed by atoms with Crippen LogP contribution in [0.3, 0.4) is 0 Å². The number of carbonyl (C=O) groups is 1. The van der Waals surface area contributed by atoms with Crippen molar-refractivity contribution in [2.45, 2.75) is 58.8 Å². The summed E-state index contributed by atoms with van der Waals surface area (Å²) in [6, 6.07) is 5.13. The number of hydrogen-bond acceptors (Lipinski definition) is 5. The normalized spacial score (nSPS) is 13.2. The average molecular weight is 324 g/mol.